The summed E-state index contributed by atoms with van der Waals surface area (Å²) in [6, 6.07) is 0.711. The van der Waals surface area contributed by atoms with E-state index in [0.717, 1.165) is 13.1 Å². The van der Waals surface area contributed by atoms with Crippen LogP contribution in [0, 0.1) is 0 Å². The summed E-state index contributed by atoms with van der Waals surface area (Å²) in [5.41, 5.74) is -0.459. The molecule has 0 bridgehead atoms. The number of carbonyl (C=O) groups excluding carboxylic acids is 1. The standard InChI is InChI=1S/C15H29N3O3/c1-15(2,3)21-14(19)18-9-12(13(10-18)20-4)17-8-11-6-5-7-16-11/h11-13,16-17H,5-10H2,1-4H3/t11?,12?,13-/m0/s1. The van der Waals surface area contributed by atoms with Gasteiger partial charge in [-0.3, -0.25) is 0 Å². The summed E-state index contributed by atoms with van der Waals surface area (Å²) in [7, 11) is 1.70. The Hall–Kier alpha value is -0.850. The second kappa shape index (κ2) is 6.94. The molecule has 21 heavy (non-hydrogen) atoms. The molecule has 2 saturated heterocycles. The fourth-order valence-corrected chi connectivity index (χ4v) is 2.91. The van der Waals surface area contributed by atoms with Crippen molar-refractivity contribution in [3.05, 3.63) is 0 Å². The van der Waals surface area contributed by atoms with Gasteiger partial charge < -0.3 is 25.0 Å². The fourth-order valence-electron chi connectivity index (χ4n) is 2.91. The second-order valence-electron chi connectivity index (χ2n) is 6.97. The van der Waals surface area contributed by atoms with E-state index >= 15 is 0 Å². The van der Waals surface area contributed by atoms with Gasteiger partial charge >= 0.3 is 6.09 Å². The summed E-state index contributed by atoms with van der Waals surface area (Å²) < 4.78 is 10.9. The van der Waals surface area contributed by atoms with Gasteiger partial charge in [-0.05, 0) is 40.2 Å². The highest BCUT2D eigenvalue weighted by Gasteiger charge is 2.37. The van der Waals surface area contributed by atoms with E-state index in [0.29, 0.717) is 19.1 Å². The lowest BCUT2D eigenvalue weighted by molar-refractivity contribution is 0.0252. The van der Waals surface area contributed by atoms with E-state index in [2.05, 4.69) is 10.6 Å². The molecule has 0 saturated carbocycles. The average molecular weight is 299 g/mol. The van der Waals surface area contributed by atoms with Crippen molar-refractivity contribution >= 4 is 6.09 Å². The second-order valence-corrected chi connectivity index (χ2v) is 6.97. The number of rotatable bonds is 4. The molecule has 0 aromatic heterocycles. The van der Waals surface area contributed by atoms with Gasteiger partial charge in [-0.25, -0.2) is 4.79 Å². The van der Waals surface area contributed by atoms with Crippen molar-refractivity contribution < 1.29 is 14.3 Å². The number of methoxy groups -OCH3 is 1. The van der Waals surface area contributed by atoms with Crippen molar-refractivity contribution in [3.63, 3.8) is 0 Å². The number of hydrogen-bond donors (Lipinski definition) is 2. The molecule has 2 N–H and O–H groups in total. The highest BCUT2D eigenvalue weighted by atomic mass is 16.6. The molecule has 2 aliphatic heterocycles. The number of ether oxygens (including phenoxy) is 2. The van der Waals surface area contributed by atoms with Crippen molar-refractivity contribution in [2.45, 2.75) is 57.4 Å². The quantitative estimate of drug-likeness (QED) is 0.810. The van der Waals surface area contributed by atoms with Crippen molar-refractivity contribution in [2.24, 2.45) is 0 Å². The largest absolute Gasteiger partial charge is 0.444 e. The molecule has 2 rings (SSSR count). The lowest BCUT2D eigenvalue weighted by Crippen LogP contribution is -2.45. The zero-order chi connectivity index (χ0) is 15.5. The van der Waals surface area contributed by atoms with Gasteiger partial charge in [0.1, 0.15) is 5.60 Å². The lowest BCUT2D eigenvalue weighted by Gasteiger charge is -2.24. The van der Waals surface area contributed by atoms with E-state index in [1.54, 1.807) is 12.0 Å². The van der Waals surface area contributed by atoms with Crippen molar-refractivity contribution in [3.8, 4) is 0 Å². The molecule has 6 nitrogen and oxygen atoms in total. The first kappa shape index (κ1) is 16.5. The van der Waals surface area contributed by atoms with Crippen LogP contribution in [-0.2, 0) is 9.47 Å². The van der Waals surface area contributed by atoms with E-state index in [-0.39, 0.29) is 18.2 Å². The molecule has 6 heteroatoms. The molecule has 1 amide bonds. The summed E-state index contributed by atoms with van der Waals surface area (Å²) in [4.78, 5) is 13.9. The first-order valence-electron chi connectivity index (χ1n) is 7.86. The van der Waals surface area contributed by atoms with Gasteiger partial charge in [-0.15, -0.1) is 0 Å². The van der Waals surface area contributed by atoms with Gasteiger partial charge in [0, 0.05) is 26.2 Å². The lowest BCUT2D eigenvalue weighted by atomic mass is 10.2. The molecule has 0 aromatic carbocycles. The Morgan fingerprint density at radius 2 is 2.14 bits per heavy atom. The number of likely N-dealkylation sites (tertiary alicyclic amines) is 1. The Bertz CT molecular complexity index is 351. The van der Waals surface area contributed by atoms with Crippen LogP contribution in [0.5, 0.6) is 0 Å². The van der Waals surface area contributed by atoms with Gasteiger partial charge in [-0.1, -0.05) is 0 Å². The molecule has 2 heterocycles. The van der Waals surface area contributed by atoms with E-state index in [4.69, 9.17) is 9.47 Å². The first-order valence-corrected chi connectivity index (χ1v) is 7.86. The molecule has 2 fully saturated rings. The Kier molecular flexibility index (Phi) is 5.46. The van der Waals surface area contributed by atoms with Crippen molar-refractivity contribution in [1.29, 1.82) is 0 Å². The molecular formula is C15H29N3O3. The SMILES string of the molecule is CO[C@H]1CN(C(=O)OC(C)(C)C)CC1NCC1CCCN1. The number of hydrogen-bond acceptors (Lipinski definition) is 5. The van der Waals surface area contributed by atoms with Crippen LogP contribution < -0.4 is 10.6 Å². The summed E-state index contributed by atoms with van der Waals surface area (Å²) in [5.74, 6) is 0. The zero-order valence-electron chi connectivity index (χ0n) is 13.6. The van der Waals surface area contributed by atoms with Crippen LogP contribution in [0.25, 0.3) is 0 Å². The van der Waals surface area contributed by atoms with Crippen LogP contribution in [0.4, 0.5) is 4.79 Å². The van der Waals surface area contributed by atoms with E-state index in [1.165, 1.54) is 12.8 Å². The van der Waals surface area contributed by atoms with Crippen LogP contribution in [0.3, 0.4) is 0 Å². The summed E-state index contributed by atoms with van der Waals surface area (Å²) in [6.07, 6.45) is 2.23. The monoisotopic (exact) mass is 299 g/mol. The Balaban J connectivity index is 1.83. The molecule has 0 radical (unpaired) electrons. The Morgan fingerprint density at radius 1 is 1.38 bits per heavy atom. The van der Waals surface area contributed by atoms with Gasteiger partial charge in [0.05, 0.1) is 18.7 Å². The summed E-state index contributed by atoms with van der Waals surface area (Å²) in [5, 5.41) is 7.01. The normalized spacial score (nSPS) is 29.9. The van der Waals surface area contributed by atoms with Crippen LogP contribution in [0.2, 0.25) is 0 Å². The maximum Gasteiger partial charge on any atom is 0.410 e. The van der Waals surface area contributed by atoms with E-state index < -0.39 is 5.60 Å². The van der Waals surface area contributed by atoms with E-state index in [9.17, 15) is 4.79 Å². The number of nitrogens with zero attached hydrogens (tertiary/aromatic N) is 1. The van der Waals surface area contributed by atoms with Crippen LogP contribution >= 0.6 is 0 Å². The molecule has 3 atom stereocenters. The Labute approximate surface area is 127 Å². The highest BCUT2D eigenvalue weighted by molar-refractivity contribution is 5.68. The predicted octanol–water partition coefficient (Wildman–Crippen LogP) is 0.962. The van der Waals surface area contributed by atoms with Gasteiger partial charge in [0.2, 0.25) is 0 Å². The van der Waals surface area contributed by atoms with E-state index in [1.807, 2.05) is 20.8 Å². The van der Waals surface area contributed by atoms with Gasteiger partial charge in [0.25, 0.3) is 0 Å². The Morgan fingerprint density at radius 3 is 2.71 bits per heavy atom. The van der Waals surface area contributed by atoms with Crippen molar-refractivity contribution in [2.75, 3.05) is 33.3 Å². The summed E-state index contributed by atoms with van der Waals surface area (Å²) in [6.45, 7) is 8.91. The third kappa shape index (κ3) is 4.83. The van der Waals surface area contributed by atoms with Crippen molar-refractivity contribution in [1.82, 2.24) is 15.5 Å². The molecule has 0 spiro atoms. The van der Waals surface area contributed by atoms with Crippen LogP contribution in [0.1, 0.15) is 33.6 Å². The predicted molar refractivity (Wildman–Crippen MR) is 81.4 cm³/mol. The third-order valence-corrected chi connectivity index (χ3v) is 4.01. The molecule has 2 unspecified atom stereocenters. The van der Waals surface area contributed by atoms with Gasteiger partial charge in [-0.2, -0.15) is 0 Å². The fraction of sp³-hybridized carbons (Fsp3) is 0.933. The minimum atomic E-state index is -0.459. The van der Waals surface area contributed by atoms with Gasteiger partial charge in [0.15, 0.2) is 0 Å². The summed E-state index contributed by atoms with van der Waals surface area (Å²) >= 11 is 0. The molecule has 0 aromatic rings. The van der Waals surface area contributed by atoms with Crippen LogP contribution in [-0.4, -0.2) is 68.1 Å². The molecule has 122 valence electrons. The topological polar surface area (TPSA) is 62.8 Å². The minimum Gasteiger partial charge on any atom is -0.444 e. The van der Waals surface area contributed by atoms with Crippen LogP contribution in [0.15, 0.2) is 0 Å². The third-order valence-electron chi connectivity index (χ3n) is 4.01. The molecular weight excluding hydrogens is 270 g/mol. The minimum absolute atomic E-state index is 0.0268. The number of amides is 1. The smallest absolute Gasteiger partial charge is 0.410 e. The number of carbonyl (C=O) groups is 1. The average Bonchev–Trinajstić information content (AvgIpc) is 3.03. The zero-order valence-corrected chi connectivity index (χ0v) is 13.6. The molecule has 0 aliphatic carbocycles. The first-order chi connectivity index (χ1) is 9.89. The maximum absolute atomic E-state index is 12.1. The highest BCUT2D eigenvalue weighted by Crippen LogP contribution is 2.18. The molecule has 2 aliphatic rings. The number of nitrogens with one attached hydrogen (secondary N) is 2. The maximum atomic E-state index is 12.1.